The van der Waals surface area contributed by atoms with E-state index in [9.17, 15) is 0 Å². The summed E-state index contributed by atoms with van der Waals surface area (Å²) >= 11 is 0. The molecule has 2 aromatic heterocycles. The fourth-order valence-corrected chi connectivity index (χ4v) is 1.28. The van der Waals surface area contributed by atoms with Crippen molar-refractivity contribution >= 4 is 10.8 Å². The fourth-order valence-electron chi connectivity index (χ4n) is 1.28. The van der Waals surface area contributed by atoms with Gasteiger partial charge in [0.2, 0.25) is 0 Å². The quantitative estimate of drug-likeness (QED) is 0.658. The summed E-state index contributed by atoms with van der Waals surface area (Å²) < 4.78 is 0. The normalized spacial score (nSPS) is 11.0. The summed E-state index contributed by atoms with van der Waals surface area (Å²) in [6.07, 6.45) is 5.14. The minimum Gasteiger partial charge on any atom is -0.158 e. The maximum atomic E-state index is 4.09. The van der Waals surface area contributed by atoms with Gasteiger partial charge in [0.15, 0.2) is 0 Å². The lowest BCUT2D eigenvalue weighted by Gasteiger charge is -2.05. The van der Waals surface area contributed by atoms with Crippen LogP contribution in [0.5, 0.6) is 0 Å². The van der Waals surface area contributed by atoms with Gasteiger partial charge in [0.05, 0.1) is 24.3 Å². The molecule has 0 amide bonds. The molecule has 0 aromatic carbocycles. The van der Waals surface area contributed by atoms with E-state index in [0.29, 0.717) is 5.92 Å². The SMILES string of the molecule is CC(C)c1nncc2cnncc12. The minimum absolute atomic E-state index is 0.361. The molecule has 0 atom stereocenters. The van der Waals surface area contributed by atoms with Gasteiger partial charge in [-0.3, -0.25) is 0 Å². The molecule has 0 aliphatic heterocycles. The van der Waals surface area contributed by atoms with Crippen LogP contribution in [0.1, 0.15) is 25.5 Å². The highest BCUT2D eigenvalue weighted by atomic mass is 15.1. The van der Waals surface area contributed by atoms with E-state index in [0.717, 1.165) is 16.5 Å². The zero-order valence-corrected chi connectivity index (χ0v) is 7.60. The third kappa shape index (κ3) is 1.35. The summed E-state index contributed by atoms with van der Waals surface area (Å²) in [6.45, 7) is 4.17. The molecule has 0 fully saturated rings. The Labute approximate surface area is 76.0 Å². The maximum absolute atomic E-state index is 4.09. The number of hydrogen-bond acceptors (Lipinski definition) is 4. The van der Waals surface area contributed by atoms with Crippen molar-refractivity contribution in [2.75, 3.05) is 0 Å². The number of nitrogens with zero attached hydrogens (tertiary/aromatic N) is 4. The highest BCUT2D eigenvalue weighted by molar-refractivity contribution is 5.82. The number of aromatic nitrogens is 4. The molecule has 13 heavy (non-hydrogen) atoms. The summed E-state index contributed by atoms with van der Waals surface area (Å²) in [7, 11) is 0. The molecule has 0 saturated carbocycles. The second kappa shape index (κ2) is 3.05. The molecule has 2 heterocycles. The Balaban J connectivity index is 2.76. The van der Waals surface area contributed by atoms with Crippen molar-refractivity contribution in [3.8, 4) is 0 Å². The molecule has 0 unspecified atom stereocenters. The van der Waals surface area contributed by atoms with E-state index in [1.165, 1.54) is 0 Å². The Morgan fingerprint density at radius 1 is 1.00 bits per heavy atom. The Morgan fingerprint density at radius 2 is 1.69 bits per heavy atom. The van der Waals surface area contributed by atoms with Crippen LogP contribution in [0.15, 0.2) is 18.6 Å². The predicted octanol–water partition coefficient (Wildman–Crippen LogP) is 1.54. The van der Waals surface area contributed by atoms with Crippen LogP contribution in [-0.4, -0.2) is 20.4 Å². The molecule has 0 bridgehead atoms. The monoisotopic (exact) mass is 174 g/mol. The highest BCUT2D eigenvalue weighted by Crippen LogP contribution is 2.19. The van der Waals surface area contributed by atoms with Gasteiger partial charge < -0.3 is 0 Å². The molecule has 0 aliphatic rings. The molecule has 0 saturated heterocycles. The van der Waals surface area contributed by atoms with Crippen molar-refractivity contribution in [3.63, 3.8) is 0 Å². The molecule has 0 radical (unpaired) electrons. The number of rotatable bonds is 1. The molecule has 0 spiro atoms. The van der Waals surface area contributed by atoms with E-state index in [4.69, 9.17) is 0 Å². The smallest absolute Gasteiger partial charge is 0.0751 e. The van der Waals surface area contributed by atoms with Gasteiger partial charge in [-0.05, 0) is 5.92 Å². The van der Waals surface area contributed by atoms with Crippen molar-refractivity contribution < 1.29 is 0 Å². The van der Waals surface area contributed by atoms with Crippen molar-refractivity contribution in [3.05, 3.63) is 24.3 Å². The van der Waals surface area contributed by atoms with Crippen molar-refractivity contribution in [1.82, 2.24) is 20.4 Å². The molecule has 2 aromatic rings. The Hall–Kier alpha value is -1.58. The zero-order valence-electron chi connectivity index (χ0n) is 7.60. The Bertz CT molecular complexity index is 419. The number of fused-ring (bicyclic) bond motifs is 1. The van der Waals surface area contributed by atoms with Crippen LogP contribution in [0.4, 0.5) is 0 Å². The first-order valence-electron chi connectivity index (χ1n) is 4.21. The number of hydrogen-bond donors (Lipinski definition) is 0. The van der Waals surface area contributed by atoms with Crippen LogP contribution in [0.3, 0.4) is 0 Å². The van der Waals surface area contributed by atoms with E-state index >= 15 is 0 Å². The van der Waals surface area contributed by atoms with E-state index in [2.05, 4.69) is 34.2 Å². The van der Waals surface area contributed by atoms with Gasteiger partial charge in [0.25, 0.3) is 0 Å². The molecule has 4 nitrogen and oxygen atoms in total. The van der Waals surface area contributed by atoms with Gasteiger partial charge in [-0.2, -0.15) is 20.4 Å². The van der Waals surface area contributed by atoms with Crippen LogP contribution >= 0.6 is 0 Å². The summed E-state index contributed by atoms with van der Waals surface area (Å²) in [4.78, 5) is 0. The largest absolute Gasteiger partial charge is 0.158 e. The standard InChI is InChI=1S/C9H10N4/c1-6(2)9-8-5-11-10-3-7(8)4-12-13-9/h3-6H,1-2H3. The van der Waals surface area contributed by atoms with Crippen LogP contribution in [0.2, 0.25) is 0 Å². The predicted molar refractivity (Wildman–Crippen MR) is 49.2 cm³/mol. The van der Waals surface area contributed by atoms with E-state index in [1.807, 2.05) is 0 Å². The van der Waals surface area contributed by atoms with Gasteiger partial charge in [-0.1, -0.05) is 13.8 Å². The third-order valence-corrected chi connectivity index (χ3v) is 1.95. The summed E-state index contributed by atoms with van der Waals surface area (Å²) in [5, 5.41) is 17.7. The molecule has 66 valence electrons. The van der Waals surface area contributed by atoms with Gasteiger partial charge in [0, 0.05) is 10.8 Å². The molecule has 0 aliphatic carbocycles. The molecular formula is C9H10N4. The second-order valence-electron chi connectivity index (χ2n) is 3.24. The molecule has 2 rings (SSSR count). The lowest BCUT2D eigenvalue weighted by Crippen LogP contribution is -1.97. The van der Waals surface area contributed by atoms with E-state index in [1.54, 1.807) is 18.6 Å². The molecule has 0 N–H and O–H groups in total. The summed E-state index contributed by atoms with van der Waals surface area (Å²) in [5.74, 6) is 0.361. The summed E-state index contributed by atoms with van der Waals surface area (Å²) in [5.41, 5.74) is 0.979. The lowest BCUT2D eigenvalue weighted by molar-refractivity contribution is 0.797. The zero-order chi connectivity index (χ0) is 9.26. The first-order chi connectivity index (χ1) is 6.29. The molecular weight excluding hydrogens is 164 g/mol. The van der Waals surface area contributed by atoms with Crippen molar-refractivity contribution in [2.45, 2.75) is 19.8 Å². The van der Waals surface area contributed by atoms with Crippen molar-refractivity contribution in [1.29, 1.82) is 0 Å². The van der Waals surface area contributed by atoms with Crippen LogP contribution in [0.25, 0.3) is 10.8 Å². The van der Waals surface area contributed by atoms with Crippen LogP contribution in [-0.2, 0) is 0 Å². The fraction of sp³-hybridized carbons (Fsp3) is 0.333. The Kier molecular flexibility index (Phi) is 1.88. The first-order valence-corrected chi connectivity index (χ1v) is 4.21. The topological polar surface area (TPSA) is 51.6 Å². The van der Waals surface area contributed by atoms with Gasteiger partial charge in [0.1, 0.15) is 0 Å². The first kappa shape index (κ1) is 8.04. The van der Waals surface area contributed by atoms with Crippen molar-refractivity contribution in [2.24, 2.45) is 0 Å². The Morgan fingerprint density at radius 3 is 2.46 bits per heavy atom. The molecule has 4 heteroatoms. The average molecular weight is 174 g/mol. The van der Waals surface area contributed by atoms with Crippen LogP contribution in [0, 0.1) is 0 Å². The lowest BCUT2D eigenvalue weighted by atomic mass is 10.1. The van der Waals surface area contributed by atoms with E-state index in [-0.39, 0.29) is 0 Å². The third-order valence-electron chi connectivity index (χ3n) is 1.95. The maximum Gasteiger partial charge on any atom is 0.0751 e. The highest BCUT2D eigenvalue weighted by Gasteiger charge is 2.06. The van der Waals surface area contributed by atoms with Gasteiger partial charge in [-0.15, -0.1) is 0 Å². The minimum atomic E-state index is 0.361. The van der Waals surface area contributed by atoms with Gasteiger partial charge >= 0.3 is 0 Å². The summed E-state index contributed by atoms with van der Waals surface area (Å²) in [6, 6.07) is 0. The van der Waals surface area contributed by atoms with Crippen LogP contribution < -0.4 is 0 Å². The second-order valence-corrected chi connectivity index (χ2v) is 3.24. The van der Waals surface area contributed by atoms with E-state index < -0.39 is 0 Å². The van der Waals surface area contributed by atoms with Gasteiger partial charge in [-0.25, -0.2) is 0 Å². The average Bonchev–Trinajstić information content (AvgIpc) is 2.17.